The van der Waals surface area contributed by atoms with E-state index in [1.807, 2.05) is 12.1 Å². The van der Waals surface area contributed by atoms with Crippen LogP contribution in [0.1, 0.15) is 36.8 Å². The Bertz CT molecular complexity index is 578. The van der Waals surface area contributed by atoms with Crippen LogP contribution < -0.4 is 5.32 Å². The molecule has 1 amide bonds. The molecule has 3 atom stereocenters. The van der Waals surface area contributed by atoms with E-state index in [0.29, 0.717) is 26.3 Å². The third-order valence-electron chi connectivity index (χ3n) is 5.48. The molecule has 0 radical (unpaired) electrons. The fourth-order valence-corrected chi connectivity index (χ4v) is 4.10. The first-order valence-corrected chi connectivity index (χ1v) is 9.45. The number of aliphatic hydroxyl groups excluding tert-OH is 1. The third-order valence-corrected chi connectivity index (χ3v) is 5.48. The Morgan fingerprint density at radius 3 is 3.00 bits per heavy atom. The number of carbonyl (C=O) groups excluding carboxylic acids is 1. The summed E-state index contributed by atoms with van der Waals surface area (Å²) in [4.78, 5) is 14.6. The summed E-state index contributed by atoms with van der Waals surface area (Å²) in [6.07, 6.45) is 3.89. The van der Waals surface area contributed by atoms with E-state index in [1.54, 1.807) is 0 Å². The fraction of sp³-hybridized carbons (Fsp3) is 0.650. The average molecular weight is 346 g/mol. The molecule has 0 bridgehead atoms. The van der Waals surface area contributed by atoms with Gasteiger partial charge in [0.15, 0.2) is 0 Å². The molecule has 1 aliphatic carbocycles. The maximum absolute atomic E-state index is 12.4. The monoisotopic (exact) mass is 346 g/mol. The van der Waals surface area contributed by atoms with Gasteiger partial charge in [0.2, 0.25) is 5.91 Å². The minimum Gasteiger partial charge on any atom is -0.393 e. The molecule has 138 valence electrons. The molecule has 0 aromatic heterocycles. The zero-order chi connectivity index (χ0) is 17.6. The van der Waals surface area contributed by atoms with E-state index in [4.69, 9.17) is 4.74 Å². The highest BCUT2D eigenvalue weighted by atomic mass is 16.5. The molecular formula is C20H30N2O3. The molecule has 0 unspecified atom stereocenters. The van der Waals surface area contributed by atoms with E-state index in [9.17, 15) is 9.90 Å². The predicted molar refractivity (Wildman–Crippen MR) is 97.2 cm³/mol. The van der Waals surface area contributed by atoms with Crippen molar-refractivity contribution in [2.75, 3.05) is 26.3 Å². The van der Waals surface area contributed by atoms with Crippen molar-refractivity contribution in [1.82, 2.24) is 10.2 Å². The number of rotatable bonds is 5. The predicted octanol–water partition coefficient (Wildman–Crippen LogP) is 1.86. The van der Waals surface area contributed by atoms with Crippen LogP contribution in [-0.4, -0.2) is 54.4 Å². The second-order valence-electron chi connectivity index (χ2n) is 7.39. The lowest BCUT2D eigenvalue weighted by Crippen LogP contribution is -2.55. The highest BCUT2D eigenvalue weighted by Gasteiger charge is 2.36. The number of benzene rings is 1. The molecule has 2 fully saturated rings. The first kappa shape index (κ1) is 18.4. The van der Waals surface area contributed by atoms with Crippen LogP contribution in [0.15, 0.2) is 24.3 Å². The number of nitrogens with one attached hydrogen (secondary N) is 1. The number of amides is 1. The lowest BCUT2D eigenvalue weighted by molar-refractivity contribution is -0.127. The Morgan fingerprint density at radius 2 is 2.20 bits per heavy atom. The van der Waals surface area contributed by atoms with Crippen LogP contribution in [0.3, 0.4) is 0 Å². The van der Waals surface area contributed by atoms with E-state index < -0.39 is 0 Å². The van der Waals surface area contributed by atoms with Gasteiger partial charge in [-0.3, -0.25) is 9.69 Å². The van der Waals surface area contributed by atoms with Crippen molar-refractivity contribution in [3.63, 3.8) is 0 Å². The van der Waals surface area contributed by atoms with E-state index in [2.05, 4.69) is 29.3 Å². The van der Waals surface area contributed by atoms with Gasteiger partial charge in [-0.1, -0.05) is 42.7 Å². The second-order valence-corrected chi connectivity index (χ2v) is 7.39. The summed E-state index contributed by atoms with van der Waals surface area (Å²) < 4.78 is 5.65. The lowest BCUT2D eigenvalue weighted by Gasteiger charge is -2.43. The van der Waals surface area contributed by atoms with Crippen molar-refractivity contribution in [2.24, 2.45) is 5.92 Å². The number of morpholine rings is 1. The molecule has 1 heterocycles. The molecule has 2 N–H and O–H groups in total. The standard InChI is InChI=1S/C20H30N2O3/c1-15-5-4-6-16(11-15)12-21-20(24)13-22-9-10-25-14-18(22)17-7-2-3-8-19(17)23/h4-6,11,17-19,23H,2-3,7-10,12-14H2,1H3,(H,21,24)/t17-,18-,19-/m1/s1. The average Bonchev–Trinajstić information content (AvgIpc) is 2.61. The van der Waals surface area contributed by atoms with E-state index in [0.717, 1.165) is 37.8 Å². The molecular weight excluding hydrogens is 316 g/mol. The van der Waals surface area contributed by atoms with Crippen molar-refractivity contribution in [3.8, 4) is 0 Å². The molecule has 25 heavy (non-hydrogen) atoms. The zero-order valence-corrected chi connectivity index (χ0v) is 15.1. The van der Waals surface area contributed by atoms with Gasteiger partial charge in [0.1, 0.15) is 0 Å². The largest absolute Gasteiger partial charge is 0.393 e. The van der Waals surface area contributed by atoms with Crippen LogP contribution in [0.25, 0.3) is 0 Å². The van der Waals surface area contributed by atoms with Gasteiger partial charge in [-0.15, -0.1) is 0 Å². The minimum atomic E-state index is -0.265. The first-order chi connectivity index (χ1) is 12.1. The summed E-state index contributed by atoms with van der Waals surface area (Å²) >= 11 is 0. The highest BCUT2D eigenvalue weighted by Crippen LogP contribution is 2.30. The second kappa shape index (κ2) is 8.79. The maximum atomic E-state index is 12.4. The Balaban J connectivity index is 1.54. The van der Waals surface area contributed by atoms with Crippen LogP contribution in [0.5, 0.6) is 0 Å². The van der Waals surface area contributed by atoms with Gasteiger partial charge in [-0.2, -0.15) is 0 Å². The molecule has 1 saturated carbocycles. The van der Waals surface area contributed by atoms with Crippen molar-refractivity contribution in [3.05, 3.63) is 35.4 Å². The fourth-order valence-electron chi connectivity index (χ4n) is 4.10. The van der Waals surface area contributed by atoms with Crippen molar-refractivity contribution in [1.29, 1.82) is 0 Å². The summed E-state index contributed by atoms with van der Waals surface area (Å²) in [5.41, 5.74) is 2.32. The van der Waals surface area contributed by atoms with Crippen LogP contribution in [0.4, 0.5) is 0 Å². The van der Waals surface area contributed by atoms with Crippen molar-refractivity contribution in [2.45, 2.75) is 51.3 Å². The summed E-state index contributed by atoms with van der Waals surface area (Å²) in [6, 6.07) is 8.34. The molecule has 1 aliphatic heterocycles. The van der Waals surface area contributed by atoms with Gasteiger partial charge in [-0.25, -0.2) is 0 Å². The molecule has 3 rings (SSSR count). The number of hydrogen-bond donors (Lipinski definition) is 2. The number of aliphatic hydroxyl groups is 1. The smallest absolute Gasteiger partial charge is 0.234 e. The quantitative estimate of drug-likeness (QED) is 0.854. The van der Waals surface area contributed by atoms with Gasteiger partial charge in [-0.05, 0) is 25.3 Å². The Hall–Kier alpha value is -1.43. The normalized spacial score (nSPS) is 27.8. The zero-order valence-electron chi connectivity index (χ0n) is 15.1. The van der Waals surface area contributed by atoms with Gasteiger partial charge in [0.05, 0.1) is 25.9 Å². The van der Waals surface area contributed by atoms with Gasteiger partial charge < -0.3 is 15.2 Å². The minimum absolute atomic E-state index is 0.0405. The first-order valence-electron chi connectivity index (χ1n) is 9.45. The molecule has 0 spiro atoms. The number of ether oxygens (including phenoxy) is 1. The van der Waals surface area contributed by atoms with E-state index in [-0.39, 0.29) is 24.0 Å². The number of hydrogen-bond acceptors (Lipinski definition) is 4. The molecule has 1 saturated heterocycles. The number of carbonyl (C=O) groups is 1. The van der Waals surface area contributed by atoms with Gasteiger partial charge in [0, 0.05) is 25.0 Å². The lowest BCUT2D eigenvalue weighted by atomic mass is 9.80. The van der Waals surface area contributed by atoms with Crippen molar-refractivity contribution < 1.29 is 14.6 Å². The van der Waals surface area contributed by atoms with Crippen LogP contribution in [0.2, 0.25) is 0 Å². The van der Waals surface area contributed by atoms with Gasteiger partial charge in [0.25, 0.3) is 0 Å². The Labute approximate surface area is 150 Å². The topological polar surface area (TPSA) is 61.8 Å². The SMILES string of the molecule is Cc1cccc(CNC(=O)CN2CCOC[C@@H]2[C@H]2CCCC[C@H]2O)c1. The molecule has 5 nitrogen and oxygen atoms in total. The van der Waals surface area contributed by atoms with Gasteiger partial charge >= 0.3 is 0 Å². The summed E-state index contributed by atoms with van der Waals surface area (Å²) in [7, 11) is 0. The highest BCUT2D eigenvalue weighted by molar-refractivity contribution is 5.78. The Kier molecular flexibility index (Phi) is 6.45. The Morgan fingerprint density at radius 1 is 1.36 bits per heavy atom. The van der Waals surface area contributed by atoms with Crippen LogP contribution in [-0.2, 0) is 16.1 Å². The van der Waals surface area contributed by atoms with E-state index >= 15 is 0 Å². The molecule has 1 aromatic rings. The summed E-state index contributed by atoms with van der Waals surface area (Å²) in [6.45, 7) is 5.02. The third kappa shape index (κ3) is 5.03. The van der Waals surface area contributed by atoms with Crippen LogP contribution in [0, 0.1) is 12.8 Å². The summed E-state index contributed by atoms with van der Waals surface area (Å²) in [5, 5.41) is 13.4. The molecule has 2 aliphatic rings. The van der Waals surface area contributed by atoms with Crippen LogP contribution >= 0.6 is 0 Å². The summed E-state index contributed by atoms with van der Waals surface area (Å²) in [5.74, 6) is 0.261. The van der Waals surface area contributed by atoms with Crippen molar-refractivity contribution >= 4 is 5.91 Å². The number of aryl methyl sites for hydroxylation is 1. The number of nitrogens with zero attached hydrogens (tertiary/aromatic N) is 1. The molecule has 1 aromatic carbocycles. The van der Waals surface area contributed by atoms with E-state index in [1.165, 1.54) is 5.56 Å². The maximum Gasteiger partial charge on any atom is 0.234 e. The molecule has 5 heteroatoms.